The molecule has 1 amide bonds. The highest BCUT2D eigenvalue weighted by atomic mass is 16.5. The second-order valence-electron chi connectivity index (χ2n) is 4.92. The van der Waals surface area contributed by atoms with E-state index < -0.39 is 5.60 Å². The first-order chi connectivity index (χ1) is 9.21. The molecule has 2 fully saturated rings. The number of Topliss-reactive ketones (excluding diaryl/α,β-unsaturated/α-hetero) is 1. The number of piperidine rings is 1. The summed E-state index contributed by atoms with van der Waals surface area (Å²) in [6, 6.07) is 1.65. The van der Waals surface area contributed by atoms with E-state index in [0.717, 1.165) is 12.8 Å². The molecule has 6 heteroatoms. The first kappa shape index (κ1) is 12.2. The van der Waals surface area contributed by atoms with Crippen molar-refractivity contribution in [2.75, 3.05) is 19.7 Å². The van der Waals surface area contributed by atoms with E-state index in [9.17, 15) is 9.59 Å². The van der Waals surface area contributed by atoms with Crippen LogP contribution in [0.2, 0.25) is 0 Å². The number of carbonyl (C=O) groups is 2. The normalized spacial score (nSPS) is 26.9. The van der Waals surface area contributed by atoms with E-state index in [4.69, 9.17) is 4.74 Å². The van der Waals surface area contributed by atoms with Crippen molar-refractivity contribution in [2.24, 2.45) is 0 Å². The van der Waals surface area contributed by atoms with Crippen LogP contribution in [0.15, 0.2) is 18.5 Å². The first-order valence-corrected chi connectivity index (χ1v) is 6.45. The van der Waals surface area contributed by atoms with E-state index in [1.54, 1.807) is 6.07 Å². The van der Waals surface area contributed by atoms with Crippen molar-refractivity contribution >= 4 is 11.7 Å². The molecule has 1 atom stereocenters. The van der Waals surface area contributed by atoms with Crippen molar-refractivity contribution in [1.29, 1.82) is 0 Å². The van der Waals surface area contributed by atoms with Crippen molar-refractivity contribution in [2.45, 2.75) is 24.9 Å². The van der Waals surface area contributed by atoms with Gasteiger partial charge in [0.2, 0.25) is 5.82 Å². The number of aromatic nitrogens is 2. The van der Waals surface area contributed by atoms with Gasteiger partial charge in [0, 0.05) is 32.0 Å². The zero-order chi connectivity index (χ0) is 13.3. The molecule has 0 saturated carbocycles. The number of amides is 1. The number of carbonyl (C=O) groups excluding carboxylic acids is 2. The number of rotatable bonds is 1. The van der Waals surface area contributed by atoms with E-state index in [1.807, 2.05) is 0 Å². The van der Waals surface area contributed by atoms with Crippen LogP contribution in [-0.4, -0.2) is 51.9 Å². The number of nitrogens with zero attached hydrogens (tertiary/aromatic N) is 3. The number of hydrogen-bond donors (Lipinski definition) is 0. The highest BCUT2D eigenvalue weighted by molar-refractivity contribution is 5.97. The van der Waals surface area contributed by atoms with Gasteiger partial charge < -0.3 is 9.64 Å². The van der Waals surface area contributed by atoms with Gasteiger partial charge in [-0.05, 0) is 18.9 Å². The van der Waals surface area contributed by atoms with Crippen LogP contribution >= 0.6 is 0 Å². The van der Waals surface area contributed by atoms with Gasteiger partial charge in [-0.25, -0.2) is 9.97 Å². The lowest BCUT2D eigenvalue weighted by atomic mass is 9.87. The molecule has 1 aromatic heterocycles. The summed E-state index contributed by atoms with van der Waals surface area (Å²) in [6.45, 7) is 1.25. The van der Waals surface area contributed by atoms with E-state index in [-0.39, 0.29) is 24.1 Å². The Morgan fingerprint density at radius 2 is 2.11 bits per heavy atom. The zero-order valence-electron chi connectivity index (χ0n) is 10.5. The molecule has 0 bridgehead atoms. The molecule has 0 unspecified atom stereocenters. The van der Waals surface area contributed by atoms with Crippen molar-refractivity contribution in [1.82, 2.24) is 14.9 Å². The van der Waals surface area contributed by atoms with Gasteiger partial charge in [-0.1, -0.05) is 0 Å². The third-order valence-electron chi connectivity index (χ3n) is 3.78. The van der Waals surface area contributed by atoms with E-state index in [1.165, 1.54) is 17.3 Å². The summed E-state index contributed by atoms with van der Waals surface area (Å²) in [5, 5.41) is 0. The Labute approximate surface area is 110 Å². The molecule has 0 N–H and O–H groups in total. The minimum absolute atomic E-state index is 0.000492. The van der Waals surface area contributed by atoms with Crippen LogP contribution in [0.4, 0.5) is 0 Å². The van der Waals surface area contributed by atoms with E-state index in [2.05, 4.69) is 9.97 Å². The van der Waals surface area contributed by atoms with E-state index in [0.29, 0.717) is 19.6 Å². The average molecular weight is 261 g/mol. The monoisotopic (exact) mass is 261 g/mol. The average Bonchev–Trinajstić information content (AvgIpc) is 2.92. The van der Waals surface area contributed by atoms with Gasteiger partial charge in [-0.15, -0.1) is 0 Å². The minimum atomic E-state index is -0.631. The molecular weight excluding hydrogens is 246 g/mol. The zero-order valence-corrected chi connectivity index (χ0v) is 10.5. The summed E-state index contributed by atoms with van der Waals surface area (Å²) in [5.41, 5.74) is -0.631. The van der Waals surface area contributed by atoms with Gasteiger partial charge in [0.25, 0.3) is 5.91 Å². The van der Waals surface area contributed by atoms with Gasteiger partial charge >= 0.3 is 0 Å². The Balaban J connectivity index is 1.72. The fourth-order valence-corrected chi connectivity index (χ4v) is 2.69. The fourth-order valence-electron chi connectivity index (χ4n) is 2.69. The number of ether oxygens (including phenoxy) is 1. The molecule has 3 rings (SSSR count). The van der Waals surface area contributed by atoms with Crippen molar-refractivity contribution in [3.63, 3.8) is 0 Å². The highest BCUT2D eigenvalue weighted by Crippen LogP contribution is 2.33. The van der Waals surface area contributed by atoms with Crippen molar-refractivity contribution < 1.29 is 14.3 Å². The van der Waals surface area contributed by atoms with Crippen LogP contribution in [0.1, 0.15) is 29.9 Å². The Morgan fingerprint density at radius 3 is 2.74 bits per heavy atom. The fraction of sp³-hybridized carbons (Fsp3) is 0.538. The third kappa shape index (κ3) is 2.12. The molecule has 2 saturated heterocycles. The summed E-state index contributed by atoms with van der Waals surface area (Å²) in [5.74, 6) is -0.152. The molecule has 2 aliphatic heterocycles. The quantitative estimate of drug-likeness (QED) is 0.733. The number of likely N-dealkylation sites (tertiary alicyclic amines) is 1. The molecule has 2 aliphatic rings. The molecule has 100 valence electrons. The van der Waals surface area contributed by atoms with Crippen molar-refractivity contribution in [3.8, 4) is 0 Å². The van der Waals surface area contributed by atoms with Crippen LogP contribution in [0.5, 0.6) is 0 Å². The summed E-state index contributed by atoms with van der Waals surface area (Å²) in [6.07, 6.45) is 5.31. The van der Waals surface area contributed by atoms with Gasteiger partial charge in [0.05, 0.1) is 6.54 Å². The summed E-state index contributed by atoms with van der Waals surface area (Å²) in [4.78, 5) is 33.7. The molecule has 1 spiro atoms. The van der Waals surface area contributed by atoms with Crippen LogP contribution in [0.3, 0.4) is 0 Å². The number of hydrogen-bond acceptors (Lipinski definition) is 5. The second-order valence-corrected chi connectivity index (χ2v) is 4.92. The van der Waals surface area contributed by atoms with Crippen LogP contribution in [0, 0.1) is 0 Å². The molecule has 0 aromatic carbocycles. The molecular formula is C13H15N3O3. The predicted molar refractivity (Wildman–Crippen MR) is 65.5 cm³/mol. The minimum Gasteiger partial charge on any atom is -0.367 e. The maximum absolute atomic E-state index is 12.2. The summed E-state index contributed by atoms with van der Waals surface area (Å²) in [7, 11) is 0. The lowest BCUT2D eigenvalue weighted by Crippen LogP contribution is -2.54. The third-order valence-corrected chi connectivity index (χ3v) is 3.78. The van der Waals surface area contributed by atoms with Gasteiger partial charge in [-0.2, -0.15) is 0 Å². The smallest absolute Gasteiger partial charge is 0.292 e. The molecule has 1 aromatic rings. The molecule has 6 nitrogen and oxygen atoms in total. The standard InChI is InChI=1S/C13H15N3O3/c17-10-9-16(7-4-13(10)3-1-8-19-13)12(18)11-14-5-2-6-15-11/h2,5-6H,1,3-4,7-9H2/t13-/m0/s1. The summed E-state index contributed by atoms with van der Waals surface area (Å²) >= 11 is 0. The molecule has 0 radical (unpaired) electrons. The molecule has 0 aliphatic carbocycles. The highest BCUT2D eigenvalue weighted by Gasteiger charge is 2.46. The van der Waals surface area contributed by atoms with Gasteiger partial charge in [-0.3, -0.25) is 9.59 Å². The SMILES string of the molecule is O=C(c1ncccn1)N1CC[C@@]2(CCCO2)C(=O)C1. The first-order valence-electron chi connectivity index (χ1n) is 6.45. The van der Waals surface area contributed by atoms with Crippen LogP contribution in [-0.2, 0) is 9.53 Å². The maximum atomic E-state index is 12.2. The van der Waals surface area contributed by atoms with Crippen LogP contribution in [0.25, 0.3) is 0 Å². The molecule has 3 heterocycles. The lowest BCUT2D eigenvalue weighted by molar-refractivity contribution is -0.144. The number of ketones is 1. The summed E-state index contributed by atoms with van der Waals surface area (Å²) < 4.78 is 5.61. The Morgan fingerprint density at radius 1 is 1.32 bits per heavy atom. The predicted octanol–water partition coefficient (Wildman–Crippen LogP) is 0.441. The van der Waals surface area contributed by atoms with Gasteiger partial charge in [0.15, 0.2) is 5.78 Å². The largest absolute Gasteiger partial charge is 0.367 e. The van der Waals surface area contributed by atoms with Crippen molar-refractivity contribution in [3.05, 3.63) is 24.3 Å². The molecule has 19 heavy (non-hydrogen) atoms. The second kappa shape index (κ2) is 4.70. The van der Waals surface area contributed by atoms with E-state index >= 15 is 0 Å². The topological polar surface area (TPSA) is 72.4 Å². The maximum Gasteiger partial charge on any atom is 0.292 e. The lowest BCUT2D eigenvalue weighted by Gasteiger charge is -2.36. The Hall–Kier alpha value is -1.82. The Bertz CT molecular complexity index is 497. The van der Waals surface area contributed by atoms with Gasteiger partial charge in [0.1, 0.15) is 5.60 Å². The van der Waals surface area contributed by atoms with Crippen LogP contribution < -0.4 is 0 Å². The Kier molecular flexibility index (Phi) is 3.02.